The first-order valence-electron chi connectivity index (χ1n) is 10.3. The van der Waals surface area contributed by atoms with Gasteiger partial charge >= 0.3 is 6.18 Å². The summed E-state index contributed by atoms with van der Waals surface area (Å²) in [4.78, 5) is 16.1. The number of halogens is 4. The summed E-state index contributed by atoms with van der Waals surface area (Å²) in [6.07, 6.45) is -1.18. The summed E-state index contributed by atoms with van der Waals surface area (Å²) < 4.78 is 53.0. The fourth-order valence-corrected chi connectivity index (χ4v) is 4.37. The van der Waals surface area contributed by atoms with Gasteiger partial charge in [0.2, 0.25) is 5.91 Å². The van der Waals surface area contributed by atoms with Gasteiger partial charge in [0.05, 0.1) is 5.52 Å². The zero-order chi connectivity index (χ0) is 22.0. The summed E-state index contributed by atoms with van der Waals surface area (Å²) in [6.45, 7) is 0. The van der Waals surface area contributed by atoms with Gasteiger partial charge in [-0.05, 0) is 79.5 Å². The molecule has 1 saturated carbocycles. The van der Waals surface area contributed by atoms with Crippen LogP contribution >= 0.6 is 0 Å². The number of para-hydroxylation sites is 1. The molecule has 7 heteroatoms. The zero-order valence-electron chi connectivity index (χ0n) is 16.8. The molecule has 1 heterocycles. The minimum Gasteiger partial charge on any atom is -0.326 e. The Kier molecular flexibility index (Phi) is 5.94. The lowest BCUT2D eigenvalue weighted by molar-refractivity contribution is -0.141. The largest absolute Gasteiger partial charge is 0.433 e. The molecule has 4 rings (SSSR count). The number of nitrogens with one attached hydrogen (secondary N) is 1. The molecule has 3 nitrogen and oxygen atoms in total. The molecule has 0 spiro atoms. The van der Waals surface area contributed by atoms with Crippen molar-refractivity contribution in [3.8, 4) is 0 Å². The summed E-state index contributed by atoms with van der Waals surface area (Å²) in [6, 6.07) is 13.7. The van der Waals surface area contributed by atoms with E-state index in [9.17, 15) is 22.4 Å². The number of carbonyl (C=O) groups excluding carboxylic acids is 1. The first-order valence-corrected chi connectivity index (χ1v) is 10.3. The molecule has 31 heavy (non-hydrogen) atoms. The van der Waals surface area contributed by atoms with Crippen LogP contribution in [0.2, 0.25) is 0 Å². The number of amides is 1. The minimum absolute atomic E-state index is 0.00501. The van der Waals surface area contributed by atoms with Crippen molar-refractivity contribution in [1.82, 2.24) is 4.98 Å². The molecule has 0 atom stereocenters. The molecular weight excluding hydrogens is 408 g/mol. The van der Waals surface area contributed by atoms with Crippen LogP contribution in [0, 0.1) is 11.7 Å². The molecule has 0 aliphatic heterocycles. The van der Waals surface area contributed by atoms with Gasteiger partial charge < -0.3 is 5.32 Å². The van der Waals surface area contributed by atoms with Gasteiger partial charge in [0, 0.05) is 17.5 Å². The fraction of sp³-hybridized carbons (Fsp3) is 0.333. The first kappa shape index (κ1) is 21.3. The van der Waals surface area contributed by atoms with Crippen molar-refractivity contribution in [3.05, 3.63) is 71.7 Å². The number of nitrogens with zero attached hydrogens (tertiary/aromatic N) is 1. The Labute approximate surface area is 177 Å². The van der Waals surface area contributed by atoms with Crippen LogP contribution < -0.4 is 5.32 Å². The first-order chi connectivity index (χ1) is 14.8. The number of carbonyl (C=O) groups is 1. The second-order valence-corrected chi connectivity index (χ2v) is 8.09. The highest BCUT2D eigenvalue weighted by molar-refractivity contribution is 5.90. The van der Waals surface area contributed by atoms with Crippen molar-refractivity contribution in [3.63, 3.8) is 0 Å². The molecule has 1 aliphatic rings. The highest BCUT2D eigenvalue weighted by Crippen LogP contribution is 2.41. The van der Waals surface area contributed by atoms with Crippen LogP contribution in [0.15, 0.2) is 54.6 Å². The standard InChI is InChI=1S/C24H22F4N2O/c25-17-9-11-18(12-10-17)29-23(31)13-15-5-7-16(8-6-15)20-14-22(24(26,27)28)30-21-4-2-1-3-19(20)21/h1-4,9-12,14-16H,5-8,13H2,(H,29,31)/t15-,16+. The van der Waals surface area contributed by atoms with Crippen LogP contribution in [-0.2, 0) is 11.0 Å². The lowest BCUT2D eigenvalue weighted by Gasteiger charge is -2.29. The topological polar surface area (TPSA) is 42.0 Å². The van der Waals surface area contributed by atoms with Gasteiger partial charge in [0.15, 0.2) is 0 Å². The van der Waals surface area contributed by atoms with Gasteiger partial charge in [0.1, 0.15) is 11.5 Å². The Morgan fingerprint density at radius 2 is 1.68 bits per heavy atom. The van der Waals surface area contributed by atoms with Crippen molar-refractivity contribution in [2.45, 2.75) is 44.2 Å². The predicted molar refractivity (Wildman–Crippen MR) is 111 cm³/mol. The van der Waals surface area contributed by atoms with E-state index in [0.29, 0.717) is 23.2 Å². The number of benzene rings is 2. The molecule has 1 amide bonds. The monoisotopic (exact) mass is 430 g/mol. The fourth-order valence-electron chi connectivity index (χ4n) is 4.37. The van der Waals surface area contributed by atoms with E-state index in [1.807, 2.05) is 12.1 Å². The van der Waals surface area contributed by atoms with E-state index in [1.54, 1.807) is 12.1 Å². The zero-order valence-corrected chi connectivity index (χ0v) is 16.8. The Morgan fingerprint density at radius 3 is 2.35 bits per heavy atom. The van der Waals surface area contributed by atoms with Gasteiger partial charge in [-0.1, -0.05) is 18.2 Å². The molecule has 1 fully saturated rings. The summed E-state index contributed by atoms with van der Waals surface area (Å²) in [5, 5.41) is 3.53. The third kappa shape index (κ3) is 5.03. The van der Waals surface area contributed by atoms with Crippen molar-refractivity contribution >= 4 is 22.5 Å². The number of hydrogen-bond acceptors (Lipinski definition) is 2. The lowest BCUT2D eigenvalue weighted by atomic mass is 9.76. The molecule has 1 aromatic heterocycles. The van der Waals surface area contributed by atoms with E-state index in [-0.39, 0.29) is 23.6 Å². The maximum atomic E-state index is 13.3. The highest BCUT2D eigenvalue weighted by Gasteiger charge is 2.34. The van der Waals surface area contributed by atoms with E-state index in [4.69, 9.17) is 0 Å². The van der Waals surface area contributed by atoms with E-state index in [1.165, 1.54) is 30.3 Å². The van der Waals surface area contributed by atoms with Crippen molar-refractivity contribution in [1.29, 1.82) is 0 Å². The smallest absolute Gasteiger partial charge is 0.326 e. The Hall–Kier alpha value is -2.96. The second-order valence-electron chi connectivity index (χ2n) is 8.09. The number of pyridine rings is 1. The number of rotatable bonds is 4. The second kappa shape index (κ2) is 8.65. The maximum absolute atomic E-state index is 13.3. The van der Waals surface area contributed by atoms with Gasteiger partial charge in [-0.15, -0.1) is 0 Å². The molecule has 0 radical (unpaired) electrons. The third-order valence-electron chi connectivity index (χ3n) is 5.93. The SMILES string of the molecule is O=C(C[C@H]1CC[C@@H](c2cc(C(F)(F)F)nc3ccccc32)CC1)Nc1ccc(F)cc1. The average Bonchev–Trinajstić information content (AvgIpc) is 2.74. The van der Waals surface area contributed by atoms with Crippen molar-refractivity contribution < 1.29 is 22.4 Å². The highest BCUT2D eigenvalue weighted by atomic mass is 19.4. The number of anilines is 1. The summed E-state index contributed by atoms with van der Waals surface area (Å²) in [7, 11) is 0. The van der Waals surface area contributed by atoms with Gasteiger partial charge in [-0.2, -0.15) is 13.2 Å². The third-order valence-corrected chi connectivity index (χ3v) is 5.93. The maximum Gasteiger partial charge on any atom is 0.433 e. The van der Waals surface area contributed by atoms with E-state index in [0.717, 1.165) is 31.1 Å². The number of fused-ring (bicyclic) bond motifs is 1. The number of hydrogen-bond donors (Lipinski definition) is 1. The molecule has 0 bridgehead atoms. The molecule has 2 aromatic carbocycles. The number of alkyl halides is 3. The summed E-state index contributed by atoms with van der Waals surface area (Å²) in [5.41, 5.74) is 0.727. The predicted octanol–water partition coefficient (Wildman–Crippen LogP) is 6.70. The molecular formula is C24H22F4N2O. The van der Waals surface area contributed by atoms with E-state index < -0.39 is 11.9 Å². The molecule has 3 aromatic rings. The number of aromatic nitrogens is 1. The molecule has 1 aliphatic carbocycles. The van der Waals surface area contributed by atoms with Gasteiger partial charge in [-0.25, -0.2) is 9.37 Å². The van der Waals surface area contributed by atoms with Crippen LogP contribution in [0.5, 0.6) is 0 Å². The molecule has 0 unspecified atom stereocenters. The van der Waals surface area contributed by atoms with Gasteiger partial charge in [-0.3, -0.25) is 4.79 Å². The van der Waals surface area contributed by atoms with Crippen LogP contribution in [0.3, 0.4) is 0 Å². The van der Waals surface area contributed by atoms with Crippen LogP contribution in [-0.4, -0.2) is 10.9 Å². The van der Waals surface area contributed by atoms with E-state index in [2.05, 4.69) is 10.3 Å². The van der Waals surface area contributed by atoms with E-state index >= 15 is 0 Å². The Balaban J connectivity index is 1.43. The van der Waals surface area contributed by atoms with Gasteiger partial charge in [0.25, 0.3) is 0 Å². The van der Waals surface area contributed by atoms with Crippen molar-refractivity contribution in [2.75, 3.05) is 5.32 Å². The normalized spacial score (nSPS) is 19.4. The quantitative estimate of drug-likeness (QED) is 0.468. The van der Waals surface area contributed by atoms with Crippen LogP contribution in [0.1, 0.15) is 49.3 Å². The van der Waals surface area contributed by atoms with Crippen molar-refractivity contribution in [2.24, 2.45) is 5.92 Å². The average molecular weight is 430 g/mol. The Bertz CT molecular complexity index is 1070. The van der Waals surface area contributed by atoms with Crippen LogP contribution in [0.25, 0.3) is 10.9 Å². The Morgan fingerprint density at radius 1 is 1.00 bits per heavy atom. The molecule has 0 saturated heterocycles. The summed E-state index contributed by atoms with van der Waals surface area (Å²) >= 11 is 0. The molecule has 162 valence electrons. The molecule has 1 N–H and O–H groups in total. The van der Waals surface area contributed by atoms with Crippen LogP contribution in [0.4, 0.5) is 23.2 Å². The summed E-state index contributed by atoms with van der Waals surface area (Å²) in [5.74, 6) is -0.324. The minimum atomic E-state index is -4.49. The lowest BCUT2D eigenvalue weighted by Crippen LogP contribution is -2.21.